The minimum absolute atomic E-state index is 0.0767. The minimum Gasteiger partial charge on any atom is -0.478 e. The largest absolute Gasteiger partial charge is 0.478 e. The third-order valence-electron chi connectivity index (χ3n) is 6.66. The second-order valence-corrected chi connectivity index (χ2v) is 10.1. The van der Waals surface area contributed by atoms with Gasteiger partial charge in [-0.2, -0.15) is 0 Å². The van der Waals surface area contributed by atoms with Gasteiger partial charge in [-0.15, -0.1) is 0 Å². The van der Waals surface area contributed by atoms with Gasteiger partial charge in [-0.1, -0.05) is 62.4 Å². The highest BCUT2D eigenvalue weighted by atomic mass is 17.2. The number of carboxylic acid groups (broad SMARTS) is 2. The van der Waals surface area contributed by atoms with Crippen LogP contribution in [-0.4, -0.2) is 34.1 Å². The van der Waals surface area contributed by atoms with Crippen molar-refractivity contribution in [3.63, 3.8) is 0 Å². The summed E-state index contributed by atoms with van der Waals surface area (Å²) in [6, 6.07) is 26.0. The van der Waals surface area contributed by atoms with Gasteiger partial charge in [-0.25, -0.2) is 19.2 Å². The minimum atomic E-state index is -1.08. The van der Waals surface area contributed by atoms with Gasteiger partial charge in [0.25, 0.3) is 0 Å². The lowest BCUT2D eigenvalue weighted by atomic mass is 9.78. The molecule has 0 fully saturated rings. The Kier molecular flexibility index (Phi) is 9.41. The molecule has 0 aliphatic rings. The molecule has 220 valence electrons. The Morgan fingerprint density at radius 2 is 0.953 bits per heavy atom. The second-order valence-electron chi connectivity index (χ2n) is 10.1. The summed E-state index contributed by atoms with van der Waals surface area (Å²) in [5.41, 5.74) is 2.59. The molecule has 4 aromatic rings. The van der Waals surface area contributed by atoms with Gasteiger partial charge in [0, 0.05) is 5.41 Å². The molecule has 10 nitrogen and oxygen atoms in total. The van der Waals surface area contributed by atoms with Crippen molar-refractivity contribution < 1.29 is 48.9 Å². The molecule has 4 rings (SSSR count). The first-order valence-corrected chi connectivity index (χ1v) is 13.1. The first-order valence-electron chi connectivity index (χ1n) is 13.1. The Labute approximate surface area is 246 Å². The molecule has 0 bridgehead atoms. The lowest BCUT2D eigenvalue weighted by molar-refractivity contribution is -0.213. The van der Waals surface area contributed by atoms with Crippen LogP contribution in [0.2, 0.25) is 0 Å². The summed E-state index contributed by atoms with van der Waals surface area (Å²) in [4.78, 5) is 66.6. The third-order valence-corrected chi connectivity index (χ3v) is 6.66. The third kappa shape index (κ3) is 8.20. The highest BCUT2D eigenvalue weighted by Crippen LogP contribution is 2.33. The standard InChI is InChI=1S/C33H28O10/c1-33(2,25-9-13-27(14-10-25)40-42-29(34)19-21-5-3-7-23(17-21)31(36)37)26-11-15-28(16-12-26)41-43-30(35)20-22-6-4-8-24(18-22)32(38)39/h3-18H,19-20H2,1-2H3,(H,36,37)(H,38,39). The van der Waals surface area contributed by atoms with Crippen LogP contribution in [-0.2, 0) is 37.6 Å². The molecule has 0 spiro atoms. The number of carbonyl (C=O) groups is 4. The van der Waals surface area contributed by atoms with Gasteiger partial charge >= 0.3 is 23.9 Å². The number of hydrogen-bond donors (Lipinski definition) is 2. The first kappa shape index (κ1) is 30.3. The topological polar surface area (TPSA) is 146 Å². The molecule has 0 aromatic heterocycles. The van der Waals surface area contributed by atoms with Gasteiger partial charge < -0.3 is 10.2 Å². The fraction of sp³-hybridized carbons (Fsp3) is 0.152. The van der Waals surface area contributed by atoms with Crippen molar-refractivity contribution >= 4 is 23.9 Å². The molecule has 0 saturated carbocycles. The van der Waals surface area contributed by atoms with Crippen LogP contribution >= 0.6 is 0 Å². The maximum Gasteiger partial charge on any atom is 0.359 e. The van der Waals surface area contributed by atoms with Crippen LogP contribution in [0.3, 0.4) is 0 Å². The second kappa shape index (κ2) is 13.3. The molecule has 0 amide bonds. The summed E-state index contributed by atoms with van der Waals surface area (Å²) in [6.45, 7) is 4.05. The molecule has 10 heteroatoms. The van der Waals surface area contributed by atoms with E-state index < -0.39 is 29.3 Å². The molecule has 0 heterocycles. The molecular weight excluding hydrogens is 556 g/mol. The zero-order valence-corrected chi connectivity index (χ0v) is 23.3. The van der Waals surface area contributed by atoms with E-state index in [1.54, 1.807) is 48.5 Å². The van der Waals surface area contributed by atoms with Crippen LogP contribution in [0.1, 0.15) is 56.8 Å². The summed E-state index contributed by atoms with van der Waals surface area (Å²) in [5.74, 6) is -2.89. The molecule has 0 saturated heterocycles. The normalized spacial score (nSPS) is 10.8. The number of hydrogen-bond acceptors (Lipinski definition) is 8. The quantitative estimate of drug-likeness (QED) is 0.160. The average molecular weight is 585 g/mol. The SMILES string of the molecule is CC(C)(c1ccc(OOC(=O)Cc2cccc(C(=O)O)c2)cc1)c1ccc(OOC(=O)Cc2cccc(C(=O)O)c2)cc1. The maximum atomic E-state index is 12.2. The van der Waals surface area contributed by atoms with Crippen LogP contribution in [0.5, 0.6) is 11.5 Å². The van der Waals surface area contributed by atoms with Gasteiger partial charge in [0.1, 0.15) is 0 Å². The van der Waals surface area contributed by atoms with E-state index in [0.29, 0.717) is 22.6 Å². The highest BCUT2D eigenvalue weighted by Gasteiger charge is 2.23. The van der Waals surface area contributed by atoms with E-state index in [4.69, 9.17) is 29.8 Å². The molecule has 0 radical (unpaired) electrons. The monoisotopic (exact) mass is 584 g/mol. The van der Waals surface area contributed by atoms with Gasteiger partial charge in [-0.05, 0) is 70.8 Å². The van der Waals surface area contributed by atoms with Crippen molar-refractivity contribution in [1.29, 1.82) is 0 Å². The van der Waals surface area contributed by atoms with Gasteiger partial charge in [0.05, 0.1) is 24.0 Å². The molecule has 0 unspecified atom stereocenters. The van der Waals surface area contributed by atoms with Gasteiger partial charge in [0.15, 0.2) is 11.5 Å². The maximum absolute atomic E-state index is 12.2. The smallest absolute Gasteiger partial charge is 0.359 e. The van der Waals surface area contributed by atoms with E-state index in [9.17, 15) is 19.2 Å². The Morgan fingerprint density at radius 3 is 1.30 bits per heavy atom. The Hall–Kier alpha value is -5.64. The molecule has 0 atom stereocenters. The van der Waals surface area contributed by atoms with E-state index in [2.05, 4.69) is 0 Å². The predicted molar refractivity (Wildman–Crippen MR) is 153 cm³/mol. The average Bonchev–Trinajstić information content (AvgIpc) is 2.99. The molecule has 4 aromatic carbocycles. The molecule has 0 aliphatic heterocycles. The van der Waals surface area contributed by atoms with Gasteiger partial charge in [0.2, 0.25) is 0 Å². The number of aromatic carboxylic acids is 2. The van der Waals surface area contributed by atoms with Crippen molar-refractivity contribution in [3.8, 4) is 11.5 Å². The van der Waals surface area contributed by atoms with Crippen LogP contribution in [0.4, 0.5) is 0 Å². The molecule has 43 heavy (non-hydrogen) atoms. The lowest BCUT2D eigenvalue weighted by Gasteiger charge is -2.26. The Balaban J connectivity index is 1.28. The summed E-state index contributed by atoms with van der Waals surface area (Å²) in [7, 11) is 0. The highest BCUT2D eigenvalue weighted by molar-refractivity contribution is 5.88. The van der Waals surface area contributed by atoms with Crippen molar-refractivity contribution in [2.24, 2.45) is 0 Å². The van der Waals surface area contributed by atoms with E-state index in [0.717, 1.165) is 11.1 Å². The summed E-state index contributed by atoms with van der Waals surface area (Å²) < 4.78 is 0. The number of benzene rings is 4. The summed E-state index contributed by atoms with van der Waals surface area (Å²) >= 11 is 0. The van der Waals surface area contributed by atoms with Crippen molar-refractivity contribution in [1.82, 2.24) is 0 Å². The summed E-state index contributed by atoms with van der Waals surface area (Å²) in [6.07, 6.45) is -0.294. The van der Waals surface area contributed by atoms with Crippen LogP contribution in [0.25, 0.3) is 0 Å². The number of carboxylic acids is 2. The van der Waals surface area contributed by atoms with Crippen molar-refractivity contribution in [2.75, 3.05) is 0 Å². The molecular formula is C33H28O10. The number of carbonyl (C=O) groups excluding carboxylic acids is 2. The van der Waals surface area contributed by atoms with Crippen molar-refractivity contribution in [3.05, 3.63) is 130 Å². The van der Waals surface area contributed by atoms with E-state index in [1.807, 2.05) is 38.1 Å². The Bertz CT molecular complexity index is 1500. The fourth-order valence-electron chi connectivity index (χ4n) is 4.23. The van der Waals surface area contributed by atoms with E-state index in [-0.39, 0.29) is 24.0 Å². The fourth-order valence-corrected chi connectivity index (χ4v) is 4.23. The lowest BCUT2D eigenvalue weighted by Crippen LogP contribution is -2.19. The number of rotatable bonds is 12. The zero-order chi connectivity index (χ0) is 31.0. The van der Waals surface area contributed by atoms with Crippen LogP contribution < -0.4 is 9.78 Å². The van der Waals surface area contributed by atoms with Crippen LogP contribution in [0.15, 0.2) is 97.1 Å². The van der Waals surface area contributed by atoms with Crippen LogP contribution in [0, 0.1) is 0 Å². The Morgan fingerprint density at radius 1 is 0.581 bits per heavy atom. The van der Waals surface area contributed by atoms with E-state index in [1.165, 1.54) is 24.3 Å². The summed E-state index contributed by atoms with van der Waals surface area (Å²) in [5, 5.41) is 18.2. The molecule has 2 N–H and O–H groups in total. The van der Waals surface area contributed by atoms with E-state index >= 15 is 0 Å². The van der Waals surface area contributed by atoms with Crippen molar-refractivity contribution in [2.45, 2.75) is 32.1 Å². The zero-order valence-electron chi connectivity index (χ0n) is 23.3. The predicted octanol–water partition coefficient (Wildman–Crippen LogP) is 5.57. The first-order chi connectivity index (χ1) is 20.5. The van der Waals surface area contributed by atoms with Gasteiger partial charge in [-0.3, -0.25) is 19.6 Å². The molecule has 0 aliphatic carbocycles.